The Morgan fingerprint density at radius 3 is 2.51 bits per heavy atom. The van der Waals surface area contributed by atoms with Gasteiger partial charge in [-0.05, 0) is 18.9 Å². The minimum absolute atomic E-state index is 0.00989. The number of nitrogens with zero attached hydrogens (tertiary/aromatic N) is 2. The maximum atomic E-state index is 12.9. The summed E-state index contributed by atoms with van der Waals surface area (Å²) in [5.74, 6) is -3.32. The number of amides is 1. The Bertz CT molecular complexity index is 958. The minimum Gasteiger partial charge on any atom is -0.445 e. The number of rotatable bonds is 4. The van der Waals surface area contributed by atoms with Crippen LogP contribution in [0.15, 0.2) is 30.3 Å². The zero-order valence-corrected chi connectivity index (χ0v) is 19.9. The van der Waals surface area contributed by atoms with Gasteiger partial charge in [0.15, 0.2) is 0 Å². The normalized spacial score (nSPS) is 42.8. The number of benzene rings is 1. The van der Waals surface area contributed by atoms with Crippen LogP contribution in [0.2, 0.25) is 0 Å². The van der Waals surface area contributed by atoms with Crippen LogP contribution in [-0.2, 0) is 25.6 Å². The number of hydrogen-bond donors (Lipinski definition) is 4. The number of aliphatic hydroxyl groups excluding tert-OH is 2. The zero-order chi connectivity index (χ0) is 25.5. The van der Waals surface area contributed by atoms with Gasteiger partial charge in [-0.15, -0.1) is 0 Å². The van der Waals surface area contributed by atoms with E-state index in [1.165, 1.54) is 7.05 Å². The van der Waals surface area contributed by atoms with Crippen molar-refractivity contribution in [3.8, 4) is 6.07 Å². The van der Waals surface area contributed by atoms with Crippen molar-refractivity contribution in [1.82, 2.24) is 4.90 Å². The van der Waals surface area contributed by atoms with Gasteiger partial charge >= 0.3 is 6.09 Å². The summed E-state index contributed by atoms with van der Waals surface area (Å²) in [6.45, 7) is 3.37. The molecule has 1 aromatic rings. The van der Waals surface area contributed by atoms with Gasteiger partial charge in [0.05, 0.1) is 24.4 Å². The maximum absolute atomic E-state index is 12.9. The first kappa shape index (κ1) is 25.8. The Morgan fingerprint density at radius 2 is 1.89 bits per heavy atom. The van der Waals surface area contributed by atoms with Crippen LogP contribution in [0.4, 0.5) is 4.79 Å². The Balaban J connectivity index is 1.63. The highest BCUT2D eigenvalue weighted by atomic mass is 16.8. The molecule has 0 aromatic heterocycles. The number of nitriles is 1. The summed E-state index contributed by atoms with van der Waals surface area (Å²) in [6, 6.07) is 9.59. The van der Waals surface area contributed by atoms with Gasteiger partial charge in [-0.25, -0.2) is 4.79 Å². The second-order valence-electron chi connectivity index (χ2n) is 9.53. The number of likely N-dealkylation sites (N-methyl/N-ethyl adjacent to an activating group) is 1. The molecule has 0 radical (unpaired) electrons. The van der Waals surface area contributed by atoms with Crippen molar-refractivity contribution < 1.29 is 44.2 Å². The lowest BCUT2D eigenvalue weighted by atomic mass is 9.73. The summed E-state index contributed by atoms with van der Waals surface area (Å²) >= 11 is 0. The number of carbonyl (C=O) groups is 1. The van der Waals surface area contributed by atoms with Crippen LogP contribution in [0.25, 0.3) is 0 Å². The molecular formula is C24H32N2O9. The third kappa shape index (κ3) is 4.29. The first-order valence-corrected chi connectivity index (χ1v) is 11.7. The SMILES string of the molecule is CC[C@H]1[C@H](O)[C@H]2O[C@@H]3O[C@H](C)C[C@@](O)(C#N)[C@]3(O)O[C@@H]2[C@@H](N(C)C(=O)OCc2ccccc2)[C@H]1O. The van der Waals surface area contributed by atoms with Gasteiger partial charge in [-0.1, -0.05) is 37.3 Å². The summed E-state index contributed by atoms with van der Waals surface area (Å²) in [5, 5.41) is 54.1. The lowest BCUT2D eigenvalue weighted by molar-refractivity contribution is -0.477. The first-order valence-electron chi connectivity index (χ1n) is 11.7. The van der Waals surface area contributed by atoms with Crippen molar-refractivity contribution >= 4 is 6.09 Å². The summed E-state index contributed by atoms with van der Waals surface area (Å²) < 4.78 is 22.8. The standard InChI is InChI=1S/C24H32N2O9/c1-4-15-17(27)16(26(3)22(29)32-11-14-8-6-5-7-9-14)19-20(18(15)28)34-21-24(31,35-19)23(30,12-25)10-13(2)33-21/h5-9,13,15-21,27-28,30-31H,4,10-11H2,1-3H3/t13-,15-,16+,17+,18+,19-,20-,21+,23-,24-/m1/s1. The molecule has 2 heterocycles. The lowest BCUT2D eigenvalue weighted by Crippen LogP contribution is -2.79. The molecule has 10 atom stereocenters. The molecule has 3 fully saturated rings. The van der Waals surface area contributed by atoms with Crippen LogP contribution in [0.1, 0.15) is 32.3 Å². The van der Waals surface area contributed by atoms with Crippen LogP contribution in [0.3, 0.4) is 0 Å². The fraction of sp³-hybridized carbons (Fsp3) is 0.667. The van der Waals surface area contributed by atoms with Gasteiger partial charge in [-0.2, -0.15) is 5.26 Å². The molecule has 0 spiro atoms. The number of hydrogen-bond acceptors (Lipinski definition) is 10. The predicted octanol–water partition coefficient (Wildman–Crippen LogP) is 0.247. The quantitative estimate of drug-likeness (QED) is 0.429. The van der Waals surface area contributed by atoms with Gasteiger partial charge < -0.3 is 44.3 Å². The molecule has 2 aliphatic heterocycles. The molecule has 3 aliphatic rings. The average molecular weight is 493 g/mol. The van der Waals surface area contributed by atoms with Crippen molar-refractivity contribution in [2.45, 2.75) is 87.5 Å². The van der Waals surface area contributed by atoms with Gasteiger partial charge in [-0.3, -0.25) is 0 Å². The van der Waals surface area contributed by atoms with E-state index < -0.39 is 66.3 Å². The van der Waals surface area contributed by atoms with Crippen molar-refractivity contribution in [3.63, 3.8) is 0 Å². The van der Waals surface area contributed by atoms with Gasteiger partial charge in [0.1, 0.15) is 24.9 Å². The second-order valence-corrected chi connectivity index (χ2v) is 9.53. The molecule has 192 valence electrons. The third-order valence-corrected chi connectivity index (χ3v) is 7.27. The van der Waals surface area contributed by atoms with Crippen LogP contribution in [-0.4, -0.2) is 92.7 Å². The molecule has 0 bridgehead atoms. The van der Waals surface area contributed by atoms with E-state index in [1.54, 1.807) is 32.0 Å². The largest absolute Gasteiger partial charge is 0.445 e. The number of fused-ring (bicyclic) bond motifs is 2. The molecule has 1 aliphatic carbocycles. The van der Waals surface area contributed by atoms with Gasteiger partial charge in [0.2, 0.25) is 11.9 Å². The topological polar surface area (TPSA) is 162 Å². The molecule has 4 rings (SSSR count). The molecule has 35 heavy (non-hydrogen) atoms. The van der Waals surface area contributed by atoms with Crippen molar-refractivity contribution in [2.75, 3.05) is 7.05 Å². The summed E-state index contributed by atoms with van der Waals surface area (Å²) in [5.41, 5.74) is -1.63. The Morgan fingerprint density at radius 1 is 1.20 bits per heavy atom. The van der Waals surface area contributed by atoms with E-state index in [-0.39, 0.29) is 13.0 Å². The summed E-state index contributed by atoms with van der Waals surface area (Å²) in [6.07, 6.45) is -7.86. The molecule has 2 saturated heterocycles. The molecular weight excluding hydrogens is 460 g/mol. The van der Waals surface area contributed by atoms with Gasteiger partial charge in [0.25, 0.3) is 5.79 Å². The Hall–Kier alpha value is -2.30. The molecule has 11 heteroatoms. The van der Waals surface area contributed by atoms with E-state index in [2.05, 4.69) is 0 Å². The minimum atomic E-state index is -2.62. The fourth-order valence-corrected chi connectivity index (χ4v) is 5.31. The zero-order valence-electron chi connectivity index (χ0n) is 19.9. The molecule has 1 saturated carbocycles. The highest BCUT2D eigenvalue weighted by Crippen LogP contribution is 2.48. The average Bonchev–Trinajstić information content (AvgIpc) is 2.83. The molecule has 1 aromatic carbocycles. The fourth-order valence-electron chi connectivity index (χ4n) is 5.31. The lowest BCUT2D eigenvalue weighted by Gasteiger charge is -2.59. The van der Waals surface area contributed by atoms with Crippen molar-refractivity contribution in [1.29, 1.82) is 5.26 Å². The van der Waals surface area contributed by atoms with E-state index in [0.29, 0.717) is 6.42 Å². The van der Waals surface area contributed by atoms with Crippen molar-refractivity contribution in [2.24, 2.45) is 5.92 Å². The Labute approximate surface area is 203 Å². The highest BCUT2D eigenvalue weighted by molar-refractivity contribution is 5.68. The molecule has 1 amide bonds. The summed E-state index contributed by atoms with van der Waals surface area (Å²) in [4.78, 5) is 14.1. The molecule has 0 unspecified atom stereocenters. The van der Waals surface area contributed by atoms with E-state index in [4.69, 9.17) is 18.9 Å². The predicted molar refractivity (Wildman–Crippen MR) is 118 cm³/mol. The van der Waals surface area contributed by atoms with Gasteiger partial charge in [0, 0.05) is 19.4 Å². The van der Waals surface area contributed by atoms with E-state index in [9.17, 15) is 30.5 Å². The van der Waals surface area contributed by atoms with Crippen molar-refractivity contribution in [3.05, 3.63) is 35.9 Å². The molecule has 11 nitrogen and oxygen atoms in total. The van der Waals surface area contributed by atoms with E-state index in [0.717, 1.165) is 10.5 Å². The number of aliphatic hydroxyl groups is 4. The summed E-state index contributed by atoms with van der Waals surface area (Å²) in [7, 11) is 1.40. The van der Waals surface area contributed by atoms with Crippen LogP contribution < -0.4 is 0 Å². The smallest absolute Gasteiger partial charge is 0.410 e. The number of ether oxygens (including phenoxy) is 4. The monoisotopic (exact) mass is 492 g/mol. The Kier molecular flexibility index (Phi) is 7.09. The molecule has 4 N–H and O–H groups in total. The van der Waals surface area contributed by atoms with E-state index >= 15 is 0 Å². The number of carbonyl (C=O) groups excluding carboxylic acids is 1. The van der Waals surface area contributed by atoms with Crippen LogP contribution in [0, 0.1) is 17.2 Å². The maximum Gasteiger partial charge on any atom is 0.410 e. The highest BCUT2D eigenvalue weighted by Gasteiger charge is 2.69. The van der Waals surface area contributed by atoms with Crippen LogP contribution in [0.5, 0.6) is 0 Å². The first-order chi connectivity index (χ1) is 16.6. The van der Waals surface area contributed by atoms with Crippen LogP contribution >= 0.6 is 0 Å². The second kappa shape index (κ2) is 9.63. The third-order valence-electron chi connectivity index (χ3n) is 7.27. The van der Waals surface area contributed by atoms with E-state index in [1.807, 2.05) is 18.2 Å².